The van der Waals surface area contributed by atoms with Crippen LogP contribution in [-0.4, -0.2) is 43.4 Å². The van der Waals surface area contributed by atoms with Crippen molar-refractivity contribution in [3.8, 4) is 0 Å². The van der Waals surface area contributed by atoms with E-state index in [2.05, 4.69) is 20.8 Å². The molecule has 1 fully saturated rings. The number of imide groups is 1. The first kappa shape index (κ1) is 19.8. The molecular formula is C20H19ClN6O3. The number of nitrogens with zero attached hydrogens (tertiary/aromatic N) is 4. The minimum Gasteiger partial charge on any atom is -0.346 e. The number of hydrogen-bond acceptors (Lipinski definition) is 5. The molecule has 0 unspecified atom stereocenters. The van der Waals surface area contributed by atoms with E-state index in [0.717, 1.165) is 10.5 Å². The summed E-state index contributed by atoms with van der Waals surface area (Å²) in [5.41, 5.74) is 1.40. The molecule has 10 heteroatoms. The fourth-order valence-corrected chi connectivity index (χ4v) is 3.60. The highest BCUT2D eigenvalue weighted by Gasteiger charge is 2.39. The van der Waals surface area contributed by atoms with Crippen LogP contribution in [-0.2, 0) is 16.1 Å². The first-order chi connectivity index (χ1) is 14.4. The SMILES string of the molecule is C[C@H](NC(=O)C[C@@H]1NC(=O)N(Cc2cccc(Cl)c2)C1=O)c1nnc2ccccn12. The highest BCUT2D eigenvalue weighted by molar-refractivity contribution is 6.30. The fraction of sp³-hybridized carbons (Fsp3) is 0.250. The normalized spacial score (nSPS) is 17.3. The smallest absolute Gasteiger partial charge is 0.325 e. The largest absolute Gasteiger partial charge is 0.346 e. The first-order valence-electron chi connectivity index (χ1n) is 9.37. The second-order valence-electron chi connectivity index (χ2n) is 7.04. The zero-order chi connectivity index (χ0) is 21.3. The molecule has 0 radical (unpaired) electrons. The molecule has 4 rings (SSSR count). The van der Waals surface area contributed by atoms with Gasteiger partial charge in [-0.1, -0.05) is 29.8 Å². The molecule has 0 bridgehead atoms. The van der Waals surface area contributed by atoms with Gasteiger partial charge in [-0.15, -0.1) is 10.2 Å². The Labute approximate surface area is 177 Å². The fourth-order valence-electron chi connectivity index (χ4n) is 3.39. The van der Waals surface area contributed by atoms with Crippen molar-refractivity contribution < 1.29 is 14.4 Å². The summed E-state index contributed by atoms with van der Waals surface area (Å²) in [4.78, 5) is 38.4. The van der Waals surface area contributed by atoms with Crippen LogP contribution in [0.2, 0.25) is 5.02 Å². The van der Waals surface area contributed by atoms with Crippen molar-refractivity contribution in [3.05, 3.63) is 65.1 Å². The maximum absolute atomic E-state index is 12.6. The number of carbonyl (C=O) groups excluding carboxylic acids is 3. The van der Waals surface area contributed by atoms with E-state index in [9.17, 15) is 14.4 Å². The number of benzene rings is 1. The number of rotatable bonds is 6. The van der Waals surface area contributed by atoms with Crippen LogP contribution in [0.3, 0.4) is 0 Å². The Bertz CT molecular complexity index is 1130. The Kier molecular flexibility index (Phi) is 5.37. The van der Waals surface area contributed by atoms with Gasteiger partial charge >= 0.3 is 6.03 Å². The second kappa shape index (κ2) is 8.11. The standard InChI is InChI=1S/C20H19ClN6O3/c1-12(18-25-24-16-7-2-3-8-26(16)18)22-17(28)10-15-19(29)27(20(30)23-15)11-13-5-4-6-14(21)9-13/h2-9,12,15H,10-11H2,1H3,(H,22,28)(H,23,30)/t12-,15-/m0/s1. The van der Waals surface area contributed by atoms with E-state index in [-0.39, 0.29) is 18.9 Å². The third kappa shape index (κ3) is 3.97. The summed E-state index contributed by atoms with van der Waals surface area (Å²) >= 11 is 5.96. The van der Waals surface area contributed by atoms with E-state index in [1.165, 1.54) is 0 Å². The number of urea groups is 1. The van der Waals surface area contributed by atoms with Gasteiger partial charge in [0.1, 0.15) is 6.04 Å². The van der Waals surface area contributed by atoms with E-state index in [1.54, 1.807) is 35.6 Å². The third-order valence-corrected chi connectivity index (χ3v) is 5.07. The quantitative estimate of drug-likeness (QED) is 0.586. The third-order valence-electron chi connectivity index (χ3n) is 4.83. The lowest BCUT2D eigenvalue weighted by Crippen LogP contribution is -2.37. The summed E-state index contributed by atoms with van der Waals surface area (Å²) in [7, 11) is 0. The van der Waals surface area contributed by atoms with Crippen LogP contribution in [0, 0.1) is 0 Å². The number of pyridine rings is 1. The molecule has 0 aliphatic carbocycles. The zero-order valence-electron chi connectivity index (χ0n) is 16.1. The second-order valence-corrected chi connectivity index (χ2v) is 7.47. The molecule has 1 saturated heterocycles. The summed E-state index contributed by atoms with van der Waals surface area (Å²) < 4.78 is 1.78. The number of hydrogen-bond donors (Lipinski definition) is 2. The van der Waals surface area contributed by atoms with Crippen molar-refractivity contribution in [1.29, 1.82) is 0 Å². The number of nitrogens with one attached hydrogen (secondary N) is 2. The maximum atomic E-state index is 12.6. The number of fused-ring (bicyclic) bond motifs is 1. The predicted octanol–water partition coefficient (Wildman–Crippen LogP) is 2.07. The van der Waals surface area contributed by atoms with Crippen LogP contribution >= 0.6 is 11.6 Å². The lowest BCUT2D eigenvalue weighted by atomic mass is 10.1. The van der Waals surface area contributed by atoms with Gasteiger partial charge in [-0.25, -0.2) is 4.79 Å². The Balaban J connectivity index is 1.38. The molecule has 1 aromatic carbocycles. The van der Waals surface area contributed by atoms with Crippen LogP contribution in [0.1, 0.15) is 30.8 Å². The first-order valence-corrected chi connectivity index (χ1v) is 9.75. The van der Waals surface area contributed by atoms with E-state index in [4.69, 9.17) is 11.6 Å². The minimum atomic E-state index is -0.918. The molecule has 1 aliphatic rings. The van der Waals surface area contributed by atoms with E-state index < -0.39 is 24.0 Å². The Morgan fingerprint density at radius 3 is 2.87 bits per heavy atom. The van der Waals surface area contributed by atoms with Gasteiger partial charge in [0.15, 0.2) is 11.5 Å². The molecule has 3 aromatic rings. The highest BCUT2D eigenvalue weighted by Crippen LogP contribution is 2.18. The maximum Gasteiger partial charge on any atom is 0.325 e. The zero-order valence-corrected chi connectivity index (χ0v) is 16.8. The summed E-state index contributed by atoms with van der Waals surface area (Å²) in [5.74, 6) is -0.252. The van der Waals surface area contributed by atoms with Crippen molar-refractivity contribution >= 4 is 35.1 Å². The van der Waals surface area contributed by atoms with E-state index >= 15 is 0 Å². The lowest BCUT2D eigenvalue weighted by Gasteiger charge is -2.15. The summed E-state index contributed by atoms with van der Waals surface area (Å²) in [6.45, 7) is 1.87. The Morgan fingerprint density at radius 1 is 1.23 bits per heavy atom. The summed E-state index contributed by atoms with van der Waals surface area (Å²) in [6.07, 6.45) is 1.64. The number of carbonyl (C=O) groups is 3. The molecule has 3 heterocycles. The van der Waals surface area contributed by atoms with Crippen LogP contribution in [0.25, 0.3) is 5.65 Å². The number of aromatic nitrogens is 3. The van der Waals surface area contributed by atoms with Crippen LogP contribution < -0.4 is 10.6 Å². The highest BCUT2D eigenvalue weighted by atomic mass is 35.5. The van der Waals surface area contributed by atoms with Gasteiger partial charge in [0.2, 0.25) is 5.91 Å². The van der Waals surface area contributed by atoms with Crippen molar-refractivity contribution in [1.82, 2.24) is 30.1 Å². The average molecular weight is 427 g/mol. The van der Waals surface area contributed by atoms with Gasteiger partial charge in [0.25, 0.3) is 5.91 Å². The van der Waals surface area contributed by atoms with Gasteiger partial charge < -0.3 is 10.6 Å². The molecule has 2 N–H and O–H groups in total. The molecule has 30 heavy (non-hydrogen) atoms. The summed E-state index contributed by atoms with van der Waals surface area (Å²) in [5, 5.41) is 14.1. The monoisotopic (exact) mass is 426 g/mol. The van der Waals surface area contributed by atoms with Gasteiger partial charge in [-0.05, 0) is 36.8 Å². The van der Waals surface area contributed by atoms with Gasteiger partial charge in [-0.3, -0.25) is 18.9 Å². The minimum absolute atomic E-state index is 0.0888. The molecule has 2 aromatic heterocycles. The van der Waals surface area contributed by atoms with Crippen molar-refractivity contribution in [2.75, 3.05) is 0 Å². The Hall–Kier alpha value is -3.46. The molecule has 0 saturated carbocycles. The molecule has 1 aliphatic heterocycles. The number of halogens is 1. The molecule has 4 amide bonds. The molecule has 9 nitrogen and oxygen atoms in total. The van der Waals surface area contributed by atoms with Gasteiger partial charge in [-0.2, -0.15) is 0 Å². The Morgan fingerprint density at radius 2 is 2.07 bits per heavy atom. The molecule has 0 spiro atoms. The van der Waals surface area contributed by atoms with Crippen molar-refractivity contribution in [3.63, 3.8) is 0 Å². The topological polar surface area (TPSA) is 109 Å². The van der Waals surface area contributed by atoms with Crippen molar-refractivity contribution in [2.24, 2.45) is 0 Å². The number of amides is 4. The predicted molar refractivity (Wildman–Crippen MR) is 108 cm³/mol. The van der Waals surface area contributed by atoms with Gasteiger partial charge in [0, 0.05) is 11.2 Å². The lowest BCUT2D eigenvalue weighted by molar-refractivity contribution is -0.131. The molecule has 154 valence electrons. The molecular weight excluding hydrogens is 408 g/mol. The van der Waals surface area contributed by atoms with E-state index in [0.29, 0.717) is 16.5 Å². The molecule has 2 atom stereocenters. The van der Waals surface area contributed by atoms with Gasteiger partial charge in [0.05, 0.1) is 19.0 Å². The average Bonchev–Trinajstić information content (AvgIpc) is 3.25. The van der Waals surface area contributed by atoms with Crippen LogP contribution in [0.15, 0.2) is 48.7 Å². The van der Waals surface area contributed by atoms with Crippen LogP contribution in [0.4, 0.5) is 4.79 Å². The van der Waals surface area contributed by atoms with E-state index in [1.807, 2.05) is 24.4 Å². The van der Waals surface area contributed by atoms with Crippen molar-refractivity contribution in [2.45, 2.75) is 32.0 Å². The van der Waals surface area contributed by atoms with Crippen LogP contribution in [0.5, 0.6) is 0 Å². The summed E-state index contributed by atoms with van der Waals surface area (Å²) in [6, 6.07) is 10.5.